The fourth-order valence-electron chi connectivity index (χ4n) is 19.6. The minimum Gasteiger partial charge on any atom is -0.365 e. The highest BCUT2D eigenvalue weighted by molar-refractivity contribution is 7.00. The maximum absolute atomic E-state index is 2.94. The Bertz CT molecular complexity index is 5670. The summed E-state index contributed by atoms with van der Waals surface area (Å²) < 4.78 is 0. The molecule has 4 aliphatic heterocycles. The van der Waals surface area contributed by atoms with Crippen LogP contribution in [0.3, 0.4) is 0 Å². The van der Waals surface area contributed by atoms with Crippen molar-refractivity contribution in [2.45, 2.75) is 44.2 Å². The fourth-order valence-corrected chi connectivity index (χ4v) is 19.6. The Labute approximate surface area is 552 Å². The molecule has 0 amide bonds. The number of hydrogen-bond acceptors (Lipinski definition) is 3. The van der Waals surface area contributed by atoms with Crippen LogP contribution >= 0.6 is 0 Å². The van der Waals surface area contributed by atoms with Crippen LogP contribution in [0.25, 0.3) is 131 Å². The Kier molecular flexibility index (Phi) is 10.8. The predicted octanol–water partition coefficient (Wildman–Crippen LogP) is 22.3. The topological polar surface area (TPSA) is 9.72 Å². The van der Waals surface area contributed by atoms with Gasteiger partial charge >= 0.3 is 0 Å². The molecule has 0 unspecified atom stereocenters. The lowest BCUT2D eigenvalue weighted by atomic mass is 9.33. The number of hydrogen-bond donors (Lipinski definition) is 0. The molecule has 23 rings (SSSR count). The van der Waals surface area contributed by atoms with Gasteiger partial charge in [-0.05, 0) is 240 Å². The van der Waals surface area contributed by atoms with E-state index in [-0.39, 0.29) is 6.71 Å². The standard InChI is InChI=1S/C91H62BN3/c1-3-13-56(14-4-1)58-29-37-66(38-30-58)94-81-50-64(71-41-33-62-21-9-25-75-73-23-7-17-60-19-11-27-77(85(60)73)89(71)87(62)75)35-43-79(81)92-80-44-36-65(72-42-34-63-22-10-26-76-74-24-8-18-61-20-12-28-78(86(61)74)90(72)88(63)76)51-82(80)95(67-39-31-59(32-40-67)57-15-5-2-6-16-57)84-53-70(52-83(94)91(84)92)93-68-46-54-45-55(48-68)49-69(93)47-54/h1-44,50-55,68-69H,45-49H2. The van der Waals surface area contributed by atoms with Crippen LogP contribution in [0, 0.1) is 11.8 Å². The normalized spacial score (nSPS) is 17.8. The summed E-state index contributed by atoms with van der Waals surface area (Å²) in [6.45, 7) is -0.0975. The quantitative estimate of drug-likeness (QED) is 0.0895. The molecule has 4 fully saturated rings. The fraction of sp³-hybridized carbons (Fsp3) is 0.0989. The summed E-state index contributed by atoms with van der Waals surface area (Å²) >= 11 is 0. The van der Waals surface area contributed by atoms with Crippen LogP contribution in [0.5, 0.6) is 0 Å². The summed E-state index contributed by atoms with van der Waals surface area (Å²) in [4.78, 5) is 8.31. The second kappa shape index (κ2) is 19.7. The van der Waals surface area contributed by atoms with Crippen molar-refractivity contribution in [1.82, 2.24) is 0 Å². The van der Waals surface area contributed by atoms with Crippen molar-refractivity contribution in [3.05, 3.63) is 291 Å². The molecule has 95 heavy (non-hydrogen) atoms. The second-order valence-electron chi connectivity index (χ2n) is 28.2. The Morgan fingerprint density at radius 1 is 0.253 bits per heavy atom. The van der Waals surface area contributed by atoms with E-state index >= 15 is 0 Å². The van der Waals surface area contributed by atoms with Gasteiger partial charge in [-0.25, -0.2) is 0 Å². The van der Waals surface area contributed by atoms with E-state index in [0.717, 1.165) is 23.2 Å². The van der Waals surface area contributed by atoms with E-state index in [1.807, 2.05) is 0 Å². The molecule has 444 valence electrons. The molecule has 4 heterocycles. The van der Waals surface area contributed by atoms with Gasteiger partial charge in [-0.2, -0.15) is 0 Å². The van der Waals surface area contributed by atoms with Crippen LogP contribution in [-0.2, 0) is 0 Å². The lowest BCUT2D eigenvalue weighted by Gasteiger charge is -2.58. The van der Waals surface area contributed by atoms with E-state index in [1.54, 1.807) is 0 Å². The van der Waals surface area contributed by atoms with E-state index in [1.165, 1.54) is 208 Å². The van der Waals surface area contributed by atoms with Crippen LogP contribution in [-0.4, -0.2) is 18.8 Å². The highest BCUT2D eigenvalue weighted by Crippen LogP contribution is 2.55. The van der Waals surface area contributed by atoms with E-state index in [0.29, 0.717) is 12.1 Å². The summed E-state index contributed by atoms with van der Waals surface area (Å²) in [7, 11) is 0. The van der Waals surface area contributed by atoms with E-state index in [2.05, 4.69) is 306 Å². The van der Waals surface area contributed by atoms with Gasteiger partial charge < -0.3 is 14.7 Å². The predicted molar refractivity (Wildman–Crippen MR) is 405 cm³/mol. The van der Waals surface area contributed by atoms with Crippen LogP contribution in [0.15, 0.2) is 291 Å². The molecule has 2 saturated heterocycles. The third-order valence-corrected chi connectivity index (χ3v) is 23.3. The number of anilines is 7. The third kappa shape index (κ3) is 7.48. The highest BCUT2D eigenvalue weighted by Gasteiger charge is 2.49. The molecular weight excluding hydrogens is 1150 g/mol. The minimum absolute atomic E-state index is 0.0975. The first-order chi connectivity index (χ1) is 47.1. The minimum atomic E-state index is -0.0975. The van der Waals surface area contributed by atoms with Crippen LogP contribution in [0.2, 0.25) is 0 Å². The van der Waals surface area contributed by atoms with Gasteiger partial charge in [0.05, 0.1) is 0 Å². The molecule has 0 aromatic heterocycles. The third-order valence-electron chi connectivity index (χ3n) is 23.3. The van der Waals surface area contributed by atoms with Crippen molar-refractivity contribution in [1.29, 1.82) is 0 Å². The summed E-state index contributed by atoms with van der Waals surface area (Å²) in [5.41, 5.74) is 22.4. The molecule has 0 spiro atoms. The summed E-state index contributed by atoms with van der Waals surface area (Å²) in [5, 5.41) is 20.9. The molecule has 0 N–H and O–H groups in total. The van der Waals surface area contributed by atoms with Gasteiger partial charge in [0.2, 0.25) is 0 Å². The smallest absolute Gasteiger partial charge is 0.252 e. The van der Waals surface area contributed by atoms with Crippen LogP contribution in [0.1, 0.15) is 32.1 Å². The highest BCUT2D eigenvalue weighted by atomic mass is 15.2. The lowest BCUT2D eigenvalue weighted by molar-refractivity contribution is 0.0900. The van der Waals surface area contributed by atoms with Gasteiger partial charge in [0, 0.05) is 51.9 Å². The molecule has 17 aromatic carbocycles. The molecular formula is C91H62BN3. The van der Waals surface area contributed by atoms with Crippen molar-refractivity contribution in [3.8, 4) is 44.5 Å². The molecule has 3 nitrogen and oxygen atoms in total. The van der Waals surface area contributed by atoms with Crippen molar-refractivity contribution >= 4 is 149 Å². The zero-order valence-electron chi connectivity index (χ0n) is 52.5. The summed E-state index contributed by atoms with van der Waals surface area (Å²) in [6.07, 6.45) is 6.50. The molecule has 0 radical (unpaired) electrons. The average molecular weight is 1210 g/mol. The van der Waals surface area contributed by atoms with Gasteiger partial charge in [0.1, 0.15) is 0 Å². The molecule has 0 atom stereocenters. The van der Waals surface area contributed by atoms with E-state index < -0.39 is 0 Å². The maximum atomic E-state index is 2.94. The Hall–Kier alpha value is -11.2. The Morgan fingerprint density at radius 3 is 1.04 bits per heavy atom. The van der Waals surface area contributed by atoms with Crippen molar-refractivity contribution in [3.63, 3.8) is 0 Å². The van der Waals surface area contributed by atoms with Crippen molar-refractivity contribution in [2.24, 2.45) is 11.8 Å². The van der Waals surface area contributed by atoms with Crippen LogP contribution in [0.4, 0.5) is 39.8 Å². The van der Waals surface area contributed by atoms with E-state index in [4.69, 9.17) is 0 Å². The molecule has 6 aliphatic rings. The Morgan fingerprint density at radius 2 is 0.621 bits per heavy atom. The second-order valence-corrected chi connectivity index (χ2v) is 28.2. The first-order valence-electron chi connectivity index (χ1n) is 34.4. The van der Waals surface area contributed by atoms with Gasteiger partial charge in [0.25, 0.3) is 6.71 Å². The molecule has 17 aromatic rings. The van der Waals surface area contributed by atoms with Gasteiger partial charge in [-0.1, -0.05) is 243 Å². The van der Waals surface area contributed by atoms with Gasteiger partial charge in [0.15, 0.2) is 0 Å². The van der Waals surface area contributed by atoms with Gasteiger partial charge in [-0.3, -0.25) is 0 Å². The van der Waals surface area contributed by atoms with Crippen molar-refractivity contribution < 1.29 is 0 Å². The van der Waals surface area contributed by atoms with E-state index in [9.17, 15) is 0 Å². The number of nitrogens with zero attached hydrogens (tertiary/aromatic N) is 3. The average Bonchev–Trinajstić information content (AvgIpc) is 0.707. The number of benzene rings is 17. The molecule has 4 heteroatoms. The molecule has 2 aliphatic carbocycles. The maximum Gasteiger partial charge on any atom is 0.252 e. The molecule has 2 saturated carbocycles. The molecule has 4 bridgehead atoms. The largest absolute Gasteiger partial charge is 0.365 e. The first kappa shape index (κ1) is 52.3. The van der Waals surface area contributed by atoms with Crippen molar-refractivity contribution in [2.75, 3.05) is 14.7 Å². The zero-order chi connectivity index (χ0) is 61.7. The SMILES string of the molecule is c1ccc(-c2ccc(N3c4cc(-c5ccc6cccc7c8cccc9cccc(c5c67)c98)ccc4B4c5ccc(-c6ccc7cccc8c9cccc%10cccc(c6c78)c%109)cc5N(c5ccc(-c6ccccc6)cc5)c5cc(N6C7CC8CC(C7)CC6C8)cc3c54)cc2)cc1. The summed E-state index contributed by atoms with van der Waals surface area (Å²) in [5.74, 6) is 1.63. The summed E-state index contributed by atoms with van der Waals surface area (Å²) in [6, 6.07) is 113. The zero-order valence-corrected chi connectivity index (χ0v) is 52.5. The number of piperidine rings is 2. The monoisotopic (exact) mass is 1210 g/mol. The van der Waals surface area contributed by atoms with Gasteiger partial charge in [-0.15, -0.1) is 0 Å². The lowest BCUT2D eigenvalue weighted by Crippen LogP contribution is -2.62. The number of rotatable bonds is 7. The number of fused-ring (bicyclic) bond motifs is 8. The Balaban J connectivity index is 0.836. The van der Waals surface area contributed by atoms with Crippen LogP contribution < -0.4 is 31.1 Å². The first-order valence-corrected chi connectivity index (χ1v) is 34.4.